The van der Waals surface area contributed by atoms with E-state index in [1.807, 2.05) is 0 Å². The van der Waals surface area contributed by atoms with Crippen LogP contribution in [-0.2, 0) is 15.8 Å². The predicted octanol–water partition coefficient (Wildman–Crippen LogP) is 3.60. The Kier molecular flexibility index (Phi) is 4.61. The number of thiophene rings is 1. The van der Waals surface area contributed by atoms with Crippen molar-refractivity contribution in [3.8, 4) is 0 Å². The lowest BCUT2D eigenvalue weighted by Gasteiger charge is -2.31. The minimum absolute atomic E-state index is 0.0591. The third kappa shape index (κ3) is 3.56. The summed E-state index contributed by atoms with van der Waals surface area (Å²) in [6.45, 7) is 1.12. The van der Waals surface area contributed by atoms with Crippen molar-refractivity contribution in [3.05, 3.63) is 58.0 Å². The lowest BCUT2D eigenvalue weighted by molar-refractivity contribution is 0.319. The van der Waals surface area contributed by atoms with Gasteiger partial charge in [-0.25, -0.2) is 17.1 Å². The maximum Gasteiger partial charge on any atom is 0.218 e. The second kappa shape index (κ2) is 6.48. The Morgan fingerprint density at radius 2 is 1.82 bits per heavy atom. The van der Waals surface area contributed by atoms with Gasteiger partial charge in [0, 0.05) is 13.1 Å². The molecule has 0 saturated carbocycles. The first-order chi connectivity index (χ1) is 10.5. The van der Waals surface area contributed by atoms with E-state index in [1.54, 1.807) is 15.6 Å². The molecule has 1 aromatic heterocycles. The maximum atomic E-state index is 12.9. The summed E-state index contributed by atoms with van der Waals surface area (Å²) in [5.74, 6) is 0.0531. The highest BCUT2D eigenvalue weighted by molar-refractivity contribution is 7.88. The minimum Gasteiger partial charge on any atom is -0.212 e. The summed E-state index contributed by atoms with van der Waals surface area (Å²) < 4.78 is 39.4. The highest BCUT2D eigenvalue weighted by Gasteiger charge is 2.28. The zero-order valence-corrected chi connectivity index (χ0v) is 13.7. The van der Waals surface area contributed by atoms with Crippen LogP contribution in [0.5, 0.6) is 0 Å². The molecule has 6 heteroatoms. The molecular weight excluding hydrogens is 321 g/mol. The van der Waals surface area contributed by atoms with Gasteiger partial charge in [-0.15, -0.1) is 0 Å². The highest BCUT2D eigenvalue weighted by Crippen LogP contribution is 2.30. The Labute approximate surface area is 134 Å². The van der Waals surface area contributed by atoms with E-state index < -0.39 is 10.0 Å². The van der Waals surface area contributed by atoms with E-state index in [9.17, 15) is 12.8 Å². The van der Waals surface area contributed by atoms with Crippen LogP contribution in [-0.4, -0.2) is 25.8 Å². The van der Waals surface area contributed by atoms with Crippen molar-refractivity contribution in [1.29, 1.82) is 0 Å². The van der Waals surface area contributed by atoms with Crippen LogP contribution in [0.25, 0.3) is 0 Å². The Morgan fingerprint density at radius 1 is 1.14 bits per heavy atom. The van der Waals surface area contributed by atoms with Crippen LogP contribution < -0.4 is 0 Å². The van der Waals surface area contributed by atoms with Gasteiger partial charge < -0.3 is 0 Å². The van der Waals surface area contributed by atoms with Gasteiger partial charge in [0.2, 0.25) is 10.0 Å². The van der Waals surface area contributed by atoms with Crippen molar-refractivity contribution in [2.24, 2.45) is 0 Å². The van der Waals surface area contributed by atoms with Crippen LogP contribution in [0.1, 0.15) is 29.9 Å². The average Bonchev–Trinajstić information content (AvgIpc) is 3.04. The normalized spacial score (nSPS) is 17.7. The van der Waals surface area contributed by atoms with Crippen molar-refractivity contribution in [2.75, 3.05) is 13.1 Å². The van der Waals surface area contributed by atoms with Gasteiger partial charge in [-0.05, 0) is 58.8 Å². The van der Waals surface area contributed by atoms with Crippen molar-refractivity contribution in [2.45, 2.75) is 24.5 Å². The highest BCUT2D eigenvalue weighted by atomic mass is 32.2. The second-order valence-corrected chi connectivity index (χ2v) is 8.36. The fraction of sp³-hybridized carbons (Fsp3) is 0.375. The number of rotatable bonds is 4. The monoisotopic (exact) mass is 339 g/mol. The lowest BCUT2D eigenvalue weighted by atomic mass is 9.92. The molecule has 118 valence electrons. The first-order valence-corrected chi connectivity index (χ1v) is 9.84. The Balaban J connectivity index is 1.63. The molecule has 0 amide bonds. The molecule has 3 nitrogen and oxygen atoms in total. The van der Waals surface area contributed by atoms with E-state index in [4.69, 9.17) is 0 Å². The molecule has 0 unspecified atom stereocenters. The molecule has 1 fully saturated rings. The topological polar surface area (TPSA) is 37.4 Å². The van der Waals surface area contributed by atoms with Crippen molar-refractivity contribution in [3.63, 3.8) is 0 Å². The lowest BCUT2D eigenvalue weighted by Crippen LogP contribution is -2.38. The van der Waals surface area contributed by atoms with E-state index in [2.05, 4.69) is 16.8 Å². The zero-order valence-electron chi connectivity index (χ0n) is 12.1. The van der Waals surface area contributed by atoms with Gasteiger partial charge in [-0.2, -0.15) is 11.3 Å². The first-order valence-electron chi connectivity index (χ1n) is 7.29. The molecule has 0 spiro atoms. The summed E-state index contributed by atoms with van der Waals surface area (Å²) in [7, 11) is -3.33. The van der Waals surface area contributed by atoms with E-state index in [0.717, 1.165) is 12.8 Å². The van der Waals surface area contributed by atoms with Crippen LogP contribution in [0.3, 0.4) is 0 Å². The van der Waals surface area contributed by atoms with Gasteiger partial charge >= 0.3 is 0 Å². The number of nitrogens with zero attached hydrogens (tertiary/aromatic N) is 1. The molecule has 0 aliphatic carbocycles. The molecule has 0 atom stereocenters. The second-order valence-electron chi connectivity index (χ2n) is 5.61. The van der Waals surface area contributed by atoms with Gasteiger partial charge in [0.15, 0.2) is 0 Å². The van der Waals surface area contributed by atoms with Crippen LogP contribution in [0.4, 0.5) is 4.39 Å². The zero-order chi connectivity index (χ0) is 15.6. The molecule has 1 aliphatic heterocycles. The SMILES string of the molecule is O=S(=O)(Cc1ccc(F)cc1)N1CCC(c2ccsc2)CC1. The number of benzene rings is 1. The molecule has 2 aromatic rings. The van der Waals surface area contributed by atoms with E-state index in [-0.39, 0.29) is 11.6 Å². The number of hydrogen-bond acceptors (Lipinski definition) is 3. The Morgan fingerprint density at radius 3 is 2.41 bits per heavy atom. The quantitative estimate of drug-likeness (QED) is 0.853. The summed E-state index contributed by atoms with van der Waals surface area (Å²) in [5.41, 5.74) is 1.95. The van der Waals surface area contributed by atoms with Crippen LogP contribution in [0.2, 0.25) is 0 Å². The van der Waals surface area contributed by atoms with E-state index in [1.165, 1.54) is 29.8 Å². The molecule has 0 radical (unpaired) electrons. The van der Waals surface area contributed by atoms with Crippen molar-refractivity contribution < 1.29 is 12.8 Å². The molecule has 0 bridgehead atoms. The van der Waals surface area contributed by atoms with E-state index in [0.29, 0.717) is 24.6 Å². The van der Waals surface area contributed by atoms with Crippen molar-refractivity contribution >= 4 is 21.4 Å². The van der Waals surface area contributed by atoms with Gasteiger partial charge in [0.05, 0.1) is 5.75 Å². The molecule has 1 aliphatic rings. The molecule has 0 N–H and O–H groups in total. The van der Waals surface area contributed by atoms with Crippen LogP contribution in [0, 0.1) is 5.82 Å². The molecule has 1 saturated heterocycles. The molecule has 22 heavy (non-hydrogen) atoms. The largest absolute Gasteiger partial charge is 0.218 e. The fourth-order valence-corrected chi connectivity index (χ4v) is 5.16. The fourth-order valence-electron chi connectivity index (χ4n) is 2.86. The molecule has 1 aromatic carbocycles. The van der Waals surface area contributed by atoms with E-state index >= 15 is 0 Å². The predicted molar refractivity (Wildman–Crippen MR) is 86.9 cm³/mol. The number of sulfonamides is 1. The summed E-state index contributed by atoms with van der Waals surface area (Å²) in [4.78, 5) is 0. The Hall–Kier alpha value is -1.24. The van der Waals surface area contributed by atoms with Crippen LogP contribution in [0.15, 0.2) is 41.1 Å². The first kappa shape index (κ1) is 15.6. The average molecular weight is 339 g/mol. The summed E-state index contributed by atoms with van der Waals surface area (Å²) in [6, 6.07) is 7.79. The van der Waals surface area contributed by atoms with Gasteiger partial charge in [-0.3, -0.25) is 0 Å². The number of halogens is 1. The third-order valence-electron chi connectivity index (χ3n) is 4.12. The molecular formula is C16H18FNO2S2. The smallest absolute Gasteiger partial charge is 0.212 e. The van der Waals surface area contributed by atoms with Gasteiger partial charge in [0.25, 0.3) is 0 Å². The molecule has 2 heterocycles. The van der Waals surface area contributed by atoms with Gasteiger partial charge in [-0.1, -0.05) is 12.1 Å². The van der Waals surface area contributed by atoms with Crippen molar-refractivity contribution in [1.82, 2.24) is 4.31 Å². The summed E-state index contributed by atoms with van der Waals surface area (Å²) >= 11 is 1.68. The summed E-state index contributed by atoms with van der Waals surface area (Å²) in [5, 5.41) is 4.21. The standard InChI is InChI=1S/C16H18FNO2S2/c17-16-3-1-13(2-4-16)12-22(19,20)18-8-5-14(6-9-18)15-7-10-21-11-15/h1-4,7,10-11,14H,5-6,8-9,12H2. The number of hydrogen-bond donors (Lipinski definition) is 0. The molecule has 3 rings (SSSR count). The maximum absolute atomic E-state index is 12.9. The van der Waals surface area contributed by atoms with Gasteiger partial charge in [0.1, 0.15) is 5.82 Å². The number of piperidine rings is 1. The summed E-state index contributed by atoms with van der Waals surface area (Å²) in [6.07, 6.45) is 1.72. The van der Waals surface area contributed by atoms with Crippen LogP contribution >= 0.6 is 11.3 Å². The minimum atomic E-state index is -3.33. The Bertz CT molecular complexity index is 703. The third-order valence-corrected chi connectivity index (χ3v) is 6.68.